The summed E-state index contributed by atoms with van der Waals surface area (Å²) in [5.74, 6) is -1.31. The van der Waals surface area contributed by atoms with Gasteiger partial charge >= 0.3 is 5.97 Å². The van der Waals surface area contributed by atoms with Crippen molar-refractivity contribution in [3.8, 4) is 0 Å². The standard InChI is InChI=1S/C10H13N3O4/c14-9(12-4-6-3-11-5-13-6)7-1-2-8(17-7)10(15)16/h3,5,7-8H,1-2,4H2,(H,11,13)(H,12,14)(H,15,16)/t7-,8+/m0/s1. The number of imidazole rings is 1. The number of aromatic amines is 1. The Morgan fingerprint density at radius 3 is 2.88 bits per heavy atom. The van der Waals surface area contributed by atoms with E-state index in [0.29, 0.717) is 19.4 Å². The van der Waals surface area contributed by atoms with Crippen molar-refractivity contribution in [1.29, 1.82) is 0 Å². The highest BCUT2D eigenvalue weighted by atomic mass is 16.5. The highest BCUT2D eigenvalue weighted by Gasteiger charge is 2.34. The van der Waals surface area contributed by atoms with Gasteiger partial charge in [0.25, 0.3) is 0 Å². The summed E-state index contributed by atoms with van der Waals surface area (Å²) in [6, 6.07) is 0. The van der Waals surface area contributed by atoms with Crippen molar-refractivity contribution in [2.24, 2.45) is 0 Å². The first-order valence-corrected chi connectivity index (χ1v) is 5.30. The zero-order valence-electron chi connectivity index (χ0n) is 9.05. The SMILES string of the molecule is O=C(NCc1cnc[nH]1)[C@@H]1CC[C@H](C(=O)O)O1. The average Bonchev–Trinajstić information content (AvgIpc) is 2.96. The van der Waals surface area contributed by atoms with Crippen LogP contribution in [-0.2, 0) is 20.9 Å². The molecule has 17 heavy (non-hydrogen) atoms. The monoisotopic (exact) mass is 239 g/mol. The smallest absolute Gasteiger partial charge is 0.332 e. The molecule has 0 unspecified atom stereocenters. The second kappa shape index (κ2) is 4.96. The molecule has 0 saturated carbocycles. The molecular weight excluding hydrogens is 226 g/mol. The molecule has 1 aliphatic heterocycles. The van der Waals surface area contributed by atoms with E-state index in [1.807, 2.05) is 0 Å². The maximum absolute atomic E-state index is 11.6. The minimum absolute atomic E-state index is 0.289. The highest BCUT2D eigenvalue weighted by molar-refractivity contribution is 5.82. The van der Waals surface area contributed by atoms with Crippen molar-refractivity contribution in [3.05, 3.63) is 18.2 Å². The number of rotatable bonds is 4. The Labute approximate surface area is 97.2 Å². The van der Waals surface area contributed by atoms with Gasteiger partial charge < -0.3 is 20.1 Å². The lowest BCUT2D eigenvalue weighted by Gasteiger charge is -2.10. The van der Waals surface area contributed by atoms with Crippen LogP contribution in [0.2, 0.25) is 0 Å². The summed E-state index contributed by atoms with van der Waals surface area (Å²) in [4.78, 5) is 29.0. The summed E-state index contributed by atoms with van der Waals surface area (Å²) < 4.78 is 5.12. The van der Waals surface area contributed by atoms with E-state index in [2.05, 4.69) is 15.3 Å². The van der Waals surface area contributed by atoms with Gasteiger partial charge in [-0.25, -0.2) is 9.78 Å². The Kier molecular flexibility index (Phi) is 3.38. The van der Waals surface area contributed by atoms with Gasteiger partial charge in [-0.05, 0) is 12.8 Å². The fourth-order valence-corrected chi connectivity index (χ4v) is 1.69. The number of H-pyrrole nitrogens is 1. The lowest BCUT2D eigenvalue weighted by molar-refractivity contribution is -0.151. The molecule has 1 amide bonds. The maximum Gasteiger partial charge on any atom is 0.332 e. The number of hydrogen-bond donors (Lipinski definition) is 3. The molecule has 1 aromatic heterocycles. The van der Waals surface area contributed by atoms with Gasteiger partial charge in [0.1, 0.15) is 6.10 Å². The van der Waals surface area contributed by atoms with Gasteiger partial charge in [0.2, 0.25) is 5.91 Å². The largest absolute Gasteiger partial charge is 0.479 e. The molecule has 1 saturated heterocycles. The topological polar surface area (TPSA) is 104 Å². The number of aliphatic carboxylic acids is 1. The molecule has 2 rings (SSSR count). The summed E-state index contributed by atoms with van der Waals surface area (Å²) in [5.41, 5.74) is 0.783. The number of carbonyl (C=O) groups is 2. The zero-order valence-corrected chi connectivity index (χ0v) is 9.05. The minimum Gasteiger partial charge on any atom is -0.479 e. The molecule has 3 N–H and O–H groups in total. The van der Waals surface area contributed by atoms with Gasteiger partial charge in [-0.1, -0.05) is 0 Å². The number of amides is 1. The molecule has 1 fully saturated rings. The molecule has 0 radical (unpaired) electrons. The first-order valence-electron chi connectivity index (χ1n) is 5.30. The maximum atomic E-state index is 11.6. The second-order valence-corrected chi connectivity index (χ2v) is 3.82. The van der Waals surface area contributed by atoms with E-state index in [1.165, 1.54) is 6.33 Å². The third kappa shape index (κ3) is 2.82. The first kappa shape index (κ1) is 11.6. The van der Waals surface area contributed by atoms with Crippen LogP contribution in [0.4, 0.5) is 0 Å². The Hall–Kier alpha value is -1.89. The molecule has 0 aliphatic carbocycles. The van der Waals surface area contributed by atoms with Crippen molar-refractivity contribution in [2.75, 3.05) is 0 Å². The predicted octanol–water partition coefficient (Wildman–Crippen LogP) is -0.342. The lowest BCUT2D eigenvalue weighted by atomic mass is 10.2. The number of nitrogens with zero attached hydrogens (tertiary/aromatic N) is 1. The van der Waals surface area contributed by atoms with Crippen molar-refractivity contribution >= 4 is 11.9 Å². The van der Waals surface area contributed by atoms with Crippen LogP contribution in [0.15, 0.2) is 12.5 Å². The molecule has 1 aromatic rings. The van der Waals surface area contributed by atoms with Crippen LogP contribution >= 0.6 is 0 Å². The van der Waals surface area contributed by atoms with Crippen LogP contribution in [0.3, 0.4) is 0 Å². The molecule has 2 atom stereocenters. The molecule has 0 aromatic carbocycles. The second-order valence-electron chi connectivity index (χ2n) is 3.82. The number of carboxylic acid groups (broad SMARTS) is 1. The van der Waals surface area contributed by atoms with Gasteiger partial charge in [0.15, 0.2) is 6.10 Å². The van der Waals surface area contributed by atoms with E-state index >= 15 is 0 Å². The quantitative estimate of drug-likeness (QED) is 0.666. The summed E-state index contributed by atoms with van der Waals surface area (Å²) in [5, 5.41) is 11.4. The van der Waals surface area contributed by atoms with E-state index in [1.54, 1.807) is 6.20 Å². The molecule has 2 heterocycles. The molecule has 0 spiro atoms. The summed E-state index contributed by atoms with van der Waals surface area (Å²) in [6.45, 7) is 0.330. The summed E-state index contributed by atoms with van der Waals surface area (Å²) in [7, 11) is 0. The van der Waals surface area contributed by atoms with Crippen LogP contribution in [0.5, 0.6) is 0 Å². The first-order chi connectivity index (χ1) is 8.16. The highest BCUT2D eigenvalue weighted by Crippen LogP contribution is 2.19. The molecule has 7 heteroatoms. The number of ether oxygens (including phenoxy) is 1. The predicted molar refractivity (Wildman–Crippen MR) is 56.0 cm³/mol. The van der Waals surface area contributed by atoms with E-state index in [0.717, 1.165) is 5.69 Å². The normalized spacial score (nSPS) is 23.5. The van der Waals surface area contributed by atoms with Crippen molar-refractivity contribution < 1.29 is 19.4 Å². The third-order valence-corrected chi connectivity index (χ3v) is 2.60. The average molecular weight is 239 g/mol. The van der Waals surface area contributed by atoms with E-state index < -0.39 is 18.2 Å². The minimum atomic E-state index is -1.02. The van der Waals surface area contributed by atoms with Crippen LogP contribution in [0.25, 0.3) is 0 Å². The van der Waals surface area contributed by atoms with E-state index in [4.69, 9.17) is 9.84 Å². The van der Waals surface area contributed by atoms with Gasteiger partial charge in [-0.3, -0.25) is 4.79 Å². The Morgan fingerprint density at radius 2 is 2.29 bits per heavy atom. The van der Waals surface area contributed by atoms with Crippen LogP contribution in [0.1, 0.15) is 18.5 Å². The number of carboxylic acids is 1. The van der Waals surface area contributed by atoms with Crippen molar-refractivity contribution in [3.63, 3.8) is 0 Å². The lowest BCUT2D eigenvalue weighted by Crippen LogP contribution is -2.35. The Bertz CT molecular complexity index is 404. The number of nitrogens with one attached hydrogen (secondary N) is 2. The molecule has 92 valence electrons. The Balaban J connectivity index is 1.79. The Morgan fingerprint density at radius 1 is 1.53 bits per heavy atom. The molecular formula is C10H13N3O4. The van der Waals surface area contributed by atoms with Gasteiger partial charge in [0, 0.05) is 6.20 Å². The number of hydrogen-bond acceptors (Lipinski definition) is 4. The summed E-state index contributed by atoms with van der Waals surface area (Å²) in [6.07, 6.45) is 2.41. The van der Waals surface area contributed by atoms with Gasteiger partial charge in [-0.15, -0.1) is 0 Å². The molecule has 0 bridgehead atoms. The zero-order chi connectivity index (χ0) is 12.3. The van der Waals surface area contributed by atoms with Crippen molar-refractivity contribution in [1.82, 2.24) is 15.3 Å². The van der Waals surface area contributed by atoms with E-state index in [-0.39, 0.29) is 5.91 Å². The van der Waals surface area contributed by atoms with Crippen LogP contribution in [-0.4, -0.2) is 39.2 Å². The van der Waals surface area contributed by atoms with Crippen LogP contribution < -0.4 is 5.32 Å². The summed E-state index contributed by atoms with van der Waals surface area (Å²) >= 11 is 0. The third-order valence-electron chi connectivity index (χ3n) is 2.60. The number of carbonyl (C=O) groups excluding carboxylic acids is 1. The fraction of sp³-hybridized carbons (Fsp3) is 0.500. The molecule has 1 aliphatic rings. The fourth-order valence-electron chi connectivity index (χ4n) is 1.69. The van der Waals surface area contributed by atoms with E-state index in [9.17, 15) is 9.59 Å². The number of aromatic nitrogens is 2. The van der Waals surface area contributed by atoms with Gasteiger partial charge in [0.05, 0.1) is 18.6 Å². The molecule has 7 nitrogen and oxygen atoms in total. The van der Waals surface area contributed by atoms with Crippen molar-refractivity contribution in [2.45, 2.75) is 31.6 Å². The van der Waals surface area contributed by atoms with Crippen LogP contribution in [0, 0.1) is 0 Å². The van der Waals surface area contributed by atoms with Gasteiger partial charge in [-0.2, -0.15) is 0 Å².